The molecule has 1 unspecified atom stereocenters. The van der Waals surface area contributed by atoms with Crippen LogP contribution in [-0.2, 0) is 11.3 Å². The van der Waals surface area contributed by atoms with Crippen LogP contribution >= 0.6 is 0 Å². The van der Waals surface area contributed by atoms with E-state index in [9.17, 15) is 5.11 Å². The van der Waals surface area contributed by atoms with Crippen LogP contribution < -0.4 is 0 Å². The number of ether oxygens (including phenoxy) is 1. The molecule has 1 aromatic heterocycles. The Balaban J connectivity index is 2.77. The molecule has 86 valence electrons. The Bertz CT molecular complexity index is 302. The van der Waals surface area contributed by atoms with Crippen molar-refractivity contribution in [3.63, 3.8) is 0 Å². The smallest absolute Gasteiger partial charge is 0.137 e. The van der Waals surface area contributed by atoms with Crippen LogP contribution in [0.2, 0.25) is 0 Å². The molecule has 15 heavy (non-hydrogen) atoms. The minimum atomic E-state index is -0.735. The van der Waals surface area contributed by atoms with E-state index in [0.29, 0.717) is 13.2 Å². The standard InChI is InChI=1S/C11H20N2O2/c1-5-15-9(2)10-12-6-7-13(10)8-11(3,4)14/h6-7,9,14H,5,8H2,1-4H3. The van der Waals surface area contributed by atoms with Crippen LogP contribution in [0.3, 0.4) is 0 Å². The monoisotopic (exact) mass is 212 g/mol. The number of hydrogen-bond donors (Lipinski definition) is 1. The third kappa shape index (κ3) is 3.64. The highest BCUT2D eigenvalue weighted by molar-refractivity contribution is 4.97. The van der Waals surface area contributed by atoms with Gasteiger partial charge in [-0.15, -0.1) is 0 Å². The minimum Gasteiger partial charge on any atom is -0.389 e. The van der Waals surface area contributed by atoms with Crippen molar-refractivity contribution in [3.8, 4) is 0 Å². The second kappa shape index (κ2) is 4.77. The predicted molar refractivity (Wildman–Crippen MR) is 58.6 cm³/mol. The lowest BCUT2D eigenvalue weighted by Gasteiger charge is -2.21. The summed E-state index contributed by atoms with van der Waals surface area (Å²) in [6.45, 7) is 8.67. The Kier molecular flexibility index (Phi) is 3.88. The number of nitrogens with zero attached hydrogens (tertiary/aromatic N) is 2. The quantitative estimate of drug-likeness (QED) is 0.809. The SMILES string of the molecule is CCOC(C)c1nccn1CC(C)(C)O. The van der Waals surface area contributed by atoms with Crippen molar-refractivity contribution in [3.05, 3.63) is 18.2 Å². The van der Waals surface area contributed by atoms with Crippen molar-refractivity contribution in [1.29, 1.82) is 0 Å². The van der Waals surface area contributed by atoms with Crippen LogP contribution in [0.25, 0.3) is 0 Å². The molecule has 1 heterocycles. The zero-order chi connectivity index (χ0) is 11.5. The van der Waals surface area contributed by atoms with Crippen LogP contribution in [0.5, 0.6) is 0 Å². The van der Waals surface area contributed by atoms with Gasteiger partial charge in [-0.2, -0.15) is 0 Å². The van der Waals surface area contributed by atoms with Gasteiger partial charge in [0, 0.05) is 19.0 Å². The summed E-state index contributed by atoms with van der Waals surface area (Å²) in [7, 11) is 0. The summed E-state index contributed by atoms with van der Waals surface area (Å²) in [5.41, 5.74) is -0.735. The lowest BCUT2D eigenvalue weighted by Crippen LogP contribution is -2.27. The molecule has 4 heteroatoms. The molecule has 0 amide bonds. The molecular formula is C11H20N2O2. The largest absolute Gasteiger partial charge is 0.389 e. The van der Waals surface area contributed by atoms with Gasteiger partial charge in [0.05, 0.1) is 12.1 Å². The maximum atomic E-state index is 9.74. The number of imidazole rings is 1. The van der Waals surface area contributed by atoms with Gasteiger partial charge in [0.15, 0.2) is 0 Å². The van der Waals surface area contributed by atoms with Gasteiger partial charge in [0.2, 0.25) is 0 Å². The summed E-state index contributed by atoms with van der Waals surface area (Å²) in [6.07, 6.45) is 3.56. The molecule has 1 atom stereocenters. The normalized spacial score (nSPS) is 14.2. The average molecular weight is 212 g/mol. The molecule has 1 aromatic rings. The number of rotatable bonds is 5. The molecule has 0 spiro atoms. The zero-order valence-corrected chi connectivity index (χ0v) is 9.90. The van der Waals surface area contributed by atoms with Crippen molar-refractivity contribution in [2.24, 2.45) is 0 Å². The van der Waals surface area contributed by atoms with Gasteiger partial charge in [0.1, 0.15) is 11.9 Å². The first-order chi connectivity index (χ1) is 6.94. The van der Waals surface area contributed by atoms with E-state index in [-0.39, 0.29) is 6.10 Å². The zero-order valence-electron chi connectivity index (χ0n) is 9.90. The predicted octanol–water partition coefficient (Wildman–Crippen LogP) is 1.75. The van der Waals surface area contributed by atoms with Crippen LogP contribution in [-0.4, -0.2) is 26.9 Å². The molecule has 0 saturated heterocycles. The first-order valence-electron chi connectivity index (χ1n) is 5.29. The second-order valence-corrected chi connectivity index (χ2v) is 4.32. The minimum absolute atomic E-state index is 0.0349. The van der Waals surface area contributed by atoms with Crippen molar-refractivity contribution >= 4 is 0 Å². The van der Waals surface area contributed by atoms with Crippen LogP contribution in [0.4, 0.5) is 0 Å². The van der Waals surface area contributed by atoms with Gasteiger partial charge in [0.25, 0.3) is 0 Å². The highest BCUT2D eigenvalue weighted by atomic mass is 16.5. The van der Waals surface area contributed by atoms with E-state index in [0.717, 1.165) is 5.82 Å². The first kappa shape index (κ1) is 12.2. The van der Waals surface area contributed by atoms with E-state index < -0.39 is 5.60 Å². The topological polar surface area (TPSA) is 47.3 Å². The third-order valence-electron chi connectivity index (χ3n) is 2.09. The van der Waals surface area contributed by atoms with E-state index in [2.05, 4.69) is 4.98 Å². The summed E-state index contributed by atoms with van der Waals surface area (Å²) in [5, 5.41) is 9.74. The fourth-order valence-electron chi connectivity index (χ4n) is 1.55. The summed E-state index contributed by atoms with van der Waals surface area (Å²) in [6, 6.07) is 0. The number of aromatic nitrogens is 2. The van der Waals surface area contributed by atoms with Crippen LogP contribution in [0.1, 0.15) is 39.6 Å². The maximum Gasteiger partial charge on any atom is 0.137 e. The van der Waals surface area contributed by atoms with Gasteiger partial charge in [-0.05, 0) is 27.7 Å². The van der Waals surface area contributed by atoms with E-state index >= 15 is 0 Å². The molecule has 0 fully saturated rings. The van der Waals surface area contributed by atoms with E-state index in [1.807, 2.05) is 24.6 Å². The van der Waals surface area contributed by atoms with Crippen LogP contribution in [0, 0.1) is 0 Å². The van der Waals surface area contributed by atoms with Gasteiger partial charge in [-0.25, -0.2) is 4.98 Å². The highest BCUT2D eigenvalue weighted by Gasteiger charge is 2.18. The first-order valence-corrected chi connectivity index (χ1v) is 5.29. The molecule has 0 aliphatic heterocycles. The highest BCUT2D eigenvalue weighted by Crippen LogP contribution is 2.16. The molecule has 4 nitrogen and oxygen atoms in total. The van der Waals surface area contributed by atoms with Gasteiger partial charge in [-0.1, -0.05) is 0 Å². The molecule has 1 rings (SSSR count). The Morgan fingerprint density at radius 3 is 2.80 bits per heavy atom. The molecule has 1 N–H and O–H groups in total. The van der Waals surface area contributed by atoms with Gasteiger partial charge in [-0.3, -0.25) is 0 Å². The molecule has 0 aliphatic carbocycles. The van der Waals surface area contributed by atoms with E-state index in [4.69, 9.17) is 4.74 Å². The Morgan fingerprint density at radius 2 is 2.27 bits per heavy atom. The van der Waals surface area contributed by atoms with E-state index in [1.54, 1.807) is 20.0 Å². The third-order valence-corrected chi connectivity index (χ3v) is 2.09. The molecular weight excluding hydrogens is 192 g/mol. The fourth-order valence-corrected chi connectivity index (χ4v) is 1.55. The summed E-state index contributed by atoms with van der Waals surface area (Å²) >= 11 is 0. The number of hydrogen-bond acceptors (Lipinski definition) is 3. The van der Waals surface area contributed by atoms with Crippen LogP contribution in [0.15, 0.2) is 12.4 Å². The van der Waals surface area contributed by atoms with E-state index in [1.165, 1.54) is 0 Å². The fraction of sp³-hybridized carbons (Fsp3) is 0.727. The van der Waals surface area contributed by atoms with Gasteiger partial charge < -0.3 is 14.4 Å². The van der Waals surface area contributed by atoms with Crippen molar-refractivity contribution in [2.75, 3.05) is 6.61 Å². The van der Waals surface area contributed by atoms with Crippen molar-refractivity contribution in [1.82, 2.24) is 9.55 Å². The van der Waals surface area contributed by atoms with Gasteiger partial charge >= 0.3 is 0 Å². The Morgan fingerprint density at radius 1 is 1.60 bits per heavy atom. The summed E-state index contributed by atoms with van der Waals surface area (Å²) in [4.78, 5) is 4.25. The molecule has 0 aromatic carbocycles. The summed E-state index contributed by atoms with van der Waals surface area (Å²) in [5.74, 6) is 0.860. The Labute approximate surface area is 90.9 Å². The lowest BCUT2D eigenvalue weighted by molar-refractivity contribution is 0.0459. The molecule has 0 saturated carbocycles. The summed E-state index contributed by atoms with van der Waals surface area (Å²) < 4.78 is 7.41. The second-order valence-electron chi connectivity index (χ2n) is 4.32. The lowest BCUT2D eigenvalue weighted by atomic mass is 10.1. The van der Waals surface area contributed by atoms with Crippen molar-refractivity contribution in [2.45, 2.75) is 45.9 Å². The molecule has 0 bridgehead atoms. The molecule has 0 radical (unpaired) electrons. The number of aliphatic hydroxyl groups is 1. The average Bonchev–Trinajstić information content (AvgIpc) is 2.49. The van der Waals surface area contributed by atoms with Crippen molar-refractivity contribution < 1.29 is 9.84 Å². The maximum absolute atomic E-state index is 9.74. The Hall–Kier alpha value is -0.870. The molecule has 0 aliphatic rings.